The van der Waals surface area contributed by atoms with Gasteiger partial charge in [0.2, 0.25) is 0 Å². The standard InChI is InChI=1S/C10H20O2/c1-3-5-9(4-2)8-10(12)6-7-11/h3,9-12H,1,4-8H2,2H3/t9-,10-/m1/s1. The molecule has 0 bridgehead atoms. The SMILES string of the molecule is C=CC[C@@H](CC)C[C@H](O)CCO. The van der Waals surface area contributed by atoms with E-state index in [9.17, 15) is 5.11 Å². The Kier molecular flexibility index (Phi) is 7.11. The molecule has 0 radical (unpaired) electrons. The van der Waals surface area contributed by atoms with Crippen LogP contribution in [0.4, 0.5) is 0 Å². The Morgan fingerprint density at radius 2 is 2.17 bits per heavy atom. The maximum Gasteiger partial charge on any atom is 0.0564 e. The molecular weight excluding hydrogens is 152 g/mol. The highest BCUT2D eigenvalue weighted by Crippen LogP contribution is 2.16. The van der Waals surface area contributed by atoms with Crippen molar-refractivity contribution in [3.05, 3.63) is 12.7 Å². The minimum atomic E-state index is -0.347. The third-order valence-corrected chi connectivity index (χ3v) is 2.15. The summed E-state index contributed by atoms with van der Waals surface area (Å²) in [6.45, 7) is 5.86. The average Bonchev–Trinajstić information content (AvgIpc) is 2.04. The molecule has 0 aliphatic carbocycles. The maximum atomic E-state index is 9.38. The number of rotatable bonds is 7. The molecule has 0 rings (SSSR count). The highest BCUT2D eigenvalue weighted by atomic mass is 16.3. The van der Waals surface area contributed by atoms with E-state index in [1.54, 1.807) is 0 Å². The molecule has 0 spiro atoms. The van der Waals surface area contributed by atoms with Crippen molar-refractivity contribution < 1.29 is 10.2 Å². The summed E-state index contributed by atoms with van der Waals surface area (Å²) in [5.41, 5.74) is 0. The fourth-order valence-corrected chi connectivity index (χ4v) is 1.32. The zero-order valence-electron chi connectivity index (χ0n) is 7.87. The smallest absolute Gasteiger partial charge is 0.0564 e. The van der Waals surface area contributed by atoms with E-state index in [1.807, 2.05) is 6.08 Å². The van der Waals surface area contributed by atoms with Crippen LogP contribution >= 0.6 is 0 Å². The van der Waals surface area contributed by atoms with E-state index in [0.29, 0.717) is 12.3 Å². The number of allylic oxidation sites excluding steroid dienone is 1. The molecule has 0 aromatic carbocycles. The summed E-state index contributed by atoms with van der Waals surface area (Å²) < 4.78 is 0. The van der Waals surface area contributed by atoms with Crippen molar-refractivity contribution in [1.29, 1.82) is 0 Å². The summed E-state index contributed by atoms with van der Waals surface area (Å²) in [5, 5.41) is 18.0. The highest BCUT2D eigenvalue weighted by molar-refractivity contribution is 4.74. The molecule has 2 N–H and O–H groups in total. The number of hydrogen-bond acceptors (Lipinski definition) is 2. The van der Waals surface area contributed by atoms with Crippen LogP contribution < -0.4 is 0 Å². The van der Waals surface area contributed by atoms with Crippen LogP contribution in [-0.4, -0.2) is 22.9 Å². The van der Waals surface area contributed by atoms with Gasteiger partial charge in [0.25, 0.3) is 0 Å². The van der Waals surface area contributed by atoms with Crippen molar-refractivity contribution in [2.45, 2.75) is 38.7 Å². The molecule has 72 valence electrons. The topological polar surface area (TPSA) is 40.5 Å². The molecule has 0 aromatic heterocycles. The van der Waals surface area contributed by atoms with Gasteiger partial charge >= 0.3 is 0 Å². The fourth-order valence-electron chi connectivity index (χ4n) is 1.32. The Morgan fingerprint density at radius 1 is 1.50 bits per heavy atom. The van der Waals surface area contributed by atoms with Crippen molar-refractivity contribution >= 4 is 0 Å². The van der Waals surface area contributed by atoms with E-state index in [2.05, 4.69) is 13.5 Å². The number of aliphatic hydroxyl groups excluding tert-OH is 2. The quantitative estimate of drug-likeness (QED) is 0.574. The minimum Gasteiger partial charge on any atom is -0.396 e. The third kappa shape index (κ3) is 5.33. The molecule has 0 fully saturated rings. The molecule has 0 aliphatic heterocycles. The largest absolute Gasteiger partial charge is 0.396 e. The first-order chi connectivity index (χ1) is 5.74. The first kappa shape index (κ1) is 11.7. The van der Waals surface area contributed by atoms with E-state index in [0.717, 1.165) is 19.3 Å². The zero-order chi connectivity index (χ0) is 9.40. The summed E-state index contributed by atoms with van der Waals surface area (Å²) in [5.74, 6) is 0.518. The lowest BCUT2D eigenvalue weighted by Crippen LogP contribution is -2.14. The fraction of sp³-hybridized carbons (Fsp3) is 0.800. The Morgan fingerprint density at radius 3 is 2.58 bits per heavy atom. The summed E-state index contributed by atoms with van der Waals surface area (Å²) >= 11 is 0. The van der Waals surface area contributed by atoms with Crippen LogP contribution in [0.5, 0.6) is 0 Å². The van der Waals surface area contributed by atoms with Crippen LogP contribution in [-0.2, 0) is 0 Å². The molecule has 2 atom stereocenters. The predicted octanol–water partition coefficient (Wildman–Crippen LogP) is 1.72. The van der Waals surface area contributed by atoms with E-state index in [-0.39, 0.29) is 12.7 Å². The second kappa shape index (κ2) is 7.32. The molecule has 0 heterocycles. The predicted molar refractivity (Wildman–Crippen MR) is 50.9 cm³/mol. The van der Waals surface area contributed by atoms with E-state index in [1.165, 1.54) is 0 Å². The van der Waals surface area contributed by atoms with Gasteiger partial charge in [-0.3, -0.25) is 0 Å². The van der Waals surface area contributed by atoms with Crippen molar-refractivity contribution in [2.24, 2.45) is 5.92 Å². The van der Waals surface area contributed by atoms with Gasteiger partial charge in [-0.05, 0) is 25.2 Å². The van der Waals surface area contributed by atoms with Gasteiger partial charge in [0, 0.05) is 6.61 Å². The molecule has 0 saturated heterocycles. The van der Waals surface area contributed by atoms with E-state index >= 15 is 0 Å². The Hall–Kier alpha value is -0.340. The molecule has 0 saturated carbocycles. The van der Waals surface area contributed by atoms with Crippen molar-refractivity contribution in [3.8, 4) is 0 Å². The Balaban J connectivity index is 3.60. The van der Waals surface area contributed by atoms with Gasteiger partial charge in [-0.1, -0.05) is 19.4 Å². The molecule has 0 aliphatic rings. The summed E-state index contributed by atoms with van der Waals surface area (Å²) in [7, 11) is 0. The van der Waals surface area contributed by atoms with Gasteiger partial charge in [-0.15, -0.1) is 6.58 Å². The first-order valence-electron chi connectivity index (χ1n) is 4.64. The summed E-state index contributed by atoms with van der Waals surface area (Å²) in [6, 6.07) is 0. The highest BCUT2D eigenvalue weighted by Gasteiger charge is 2.10. The first-order valence-corrected chi connectivity index (χ1v) is 4.64. The van der Waals surface area contributed by atoms with Crippen LogP contribution in [0.1, 0.15) is 32.6 Å². The maximum absolute atomic E-state index is 9.38. The van der Waals surface area contributed by atoms with Gasteiger partial charge in [-0.2, -0.15) is 0 Å². The second-order valence-electron chi connectivity index (χ2n) is 3.20. The minimum absolute atomic E-state index is 0.0751. The second-order valence-corrected chi connectivity index (χ2v) is 3.20. The van der Waals surface area contributed by atoms with Crippen molar-refractivity contribution in [2.75, 3.05) is 6.61 Å². The molecule has 2 nitrogen and oxygen atoms in total. The lowest BCUT2D eigenvalue weighted by atomic mass is 9.94. The van der Waals surface area contributed by atoms with Crippen molar-refractivity contribution in [3.63, 3.8) is 0 Å². The Labute approximate surface area is 74.9 Å². The van der Waals surface area contributed by atoms with Gasteiger partial charge in [0.1, 0.15) is 0 Å². The van der Waals surface area contributed by atoms with Crippen LogP contribution in [0.25, 0.3) is 0 Å². The van der Waals surface area contributed by atoms with Gasteiger partial charge in [0.05, 0.1) is 6.10 Å². The normalized spacial score (nSPS) is 15.6. The lowest BCUT2D eigenvalue weighted by molar-refractivity contribution is 0.108. The van der Waals surface area contributed by atoms with Gasteiger partial charge < -0.3 is 10.2 Å². The Bertz CT molecular complexity index is 112. The van der Waals surface area contributed by atoms with E-state index in [4.69, 9.17) is 5.11 Å². The number of hydrogen-bond donors (Lipinski definition) is 2. The van der Waals surface area contributed by atoms with Crippen LogP contribution in [0, 0.1) is 5.92 Å². The molecule has 0 amide bonds. The molecule has 0 aromatic rings. The van der Waals surface area contributed by atoms with E-state index < -0.39 is 0 Å². The van der Waals surface area contributed by atoms with Crippen LogP contribution in [0.15, 0.2) is 12.7 Å². The summed E-state index contributed by atoms with van der Waals surface area (Å²) in [4.78, 5) is 0. The zero-order valence-corrected chi connectivity index (χ0v) is 7.87. The third-order valence-electron chi connectivity index (χ3n) is 2.15. The van der Waals surface area contributed by atoms with Gasteiger partial charge in [0.15, 0.2) is 0 Å². The van der Waals surface area contributed by atoms with Crippen LogP contribution in [0.3, 0.4) is 0 Å². The molecular formula is C10H20O2. The average molecular weight is 172 g/mol. The lowest BCUT2D eigenvalue weighted by Gasteiger charge is -2.16. The molecule has 12 heavy (non-hydrogen) atoms. The number of aliphatic hydroxyl groups is 2. The molecule has 0 unspecified atom stereocenters. The van der Waals surface area contributed by atoms with Crippen molar-refractivity contribution in [1.82, 2.24) is 0 Å². The van der Waals surface area contributed by atoms with Crippen LogP contribution in [0.2, 0.25) is 0 Å². The molecule has 2 heteroatoms. The van der Waals surface area contributed by atoms with Gasteiger partial charge in [-0.25, -0.2) is 0 Å². The monoisotopic (exact) mass is 172 g/mol. The summed E-state index contributed by atoms with van der Waals surface area (Å²) in [6.07, 6.45) is 4.84.